The zero-order chi connectivity index (χ0) is 24.9. The van der Waals surface area contributed by atoms with Crippen LogP contribution in [0.5, 0.6) is 11.5 Å². The van der Waals surface area contributed by atoms with Crippen LogP contribution in [-0.2, 0) is 11.3 Å². The second-order valence-electron chi connectivity index (χ2n) is 8.65. The van der Waals surface area contributed by atoms with Crippen molar-refractivity contribution in [3.63, 3.8) is 0 Å². The van der Waals surface area contributed by atoms with Gasteiger partial charge in [-0.3, -0.25) is 9.69 Å². The molecule has 0 radical (unpaired) electrons. The summed E-state index contributed by atoms with van der Waals surface area (Å²) in [6, 6.07) is 15.4. The summed E-state index contributed by atoms with van der Waals surface area (Å²) >= 11 is 0. The Balaban J connectivity index is 1.76. The van der Waals surface area contributed by atoms with Gasteiger partial charge < -0.3 is 24.0 Å². The van der Waals surface area contributed by atoms with Crippen LogP contribution in [0, 0.1) is 12.7 Å². The third-order valence-electron chi connectivity index (χ3n) is 6.62. The second kappa shape index (κ2) is 10.9. The van der Waals surface area contributed by atoms with E-state index in [0.29, 0.717) is 62.0 Å². The number of ether oxygens (including phenoxy) is 2. The molecule has 186 valence electrons. The fraction of sp³-hybridized carbons (Fsp3) is 0.370. The molecular weight excluding hydrogens is 449 g/mol. The first-order valence-electron chi connectivity index (χ1n) is 11.7. The van der Waals surface area contributed by atoms with Crippen LogP contribution in [0.2, 0.25) is 0 Å². The topological polar surface area (TPSA) is 67.2 Å². The van der Waals surface area contributed by atoms with Gasteiger partial charge in [-0.15, -0.1) is 0 Å². The minimum atomic E-state index is -0.532. The number of aryl methyl sites for hydroxylation is 1. The van der Waals surface area contributed by atoms with Crippen molar-refractivity contribution in [3.05, 3.63) is 87.6 Å². The largest absolute Gasteiger partial charge is 0.507 e. The van der Waals surface area contributed by atoms with Gasteiger partial charge in [0.1, 0.15) is 17.3 Å². The zero-order valence-electron chi connectivity index (χ0n) is 20.4. The predicted octanol–water partition coefficient (Wildman–Crippen LogP) is 3.57. The summed E-state index contributed by atoms with van der Waals surface area (Å²) in [7, 11) is 3.19. The quantitative estimate of drug-likeness (QED) is 0.531. The lowest BCUT2D eigenvalue weighted by Crippen LogP contribution is -2.49. The molecule has 0 spiro atoms. The molecule has 1 fully saturated rings. The minimum Gasteiger partial charge on any atom is -0.507 e. The number of methoxy groups -OCH3 is 2. The van der Waals surface area contributed by atoms with Gasteiger partial charge in [0.05, 0.1) is 31.0 Å². The molecule has 8 heteroatoms. The predicted molar refractivity (Wildman–Crippen MR) is 134 cm³/mol. The van der Waals surface area contributed by atoms with Crippen LogP contribution in [0.3, 0.4) is 0 Å². The number of rotatable bonds is 8. The van der Waals surface area contributed by atoms with Crippen molar-refractivity contribution in [3.8, 4) is 11.5 Å². The van der Waals surface area contributed by atoms with Crippen LogP contribution < -0.4 is 15.2 Å². The Hall–Kier alpha value is -3.36. The molecule has 1 N–H and O–H groups in total. The Morgan fingerprint density at radius 3 is 2.40 bits per heavy atom. The summed E-state index contributed by atoms with van der Waals surface area (Å²) in [5.74, 6) is 0.338. The number of nitrogens with zero attached hydrogens (tertiary/aromatic N) is 3. The van der Waals surface area contributed by atoms with Crippen molar-refractivity contribution in [2.75, 3.05) is 51.9 Å². The molecule has 1 saturated heterocycles. The van der Waals surface area contributed by atoms with Crippen molar-refractivity contribution in [2.24, 2.45) is 0 Å². The summed E-state index contributed by atoms with van der Waals surface area (Å²) in [5, 5.41) is 11.0. The average Bonchev–Trinajstić information content (AvgIpc) is 2.87. The maximum Gasteiger partial charge on any atom is 0.259 e. The normalized spacial score (nSPS) is 15.3. The van der Waals surface area contributed by atoms with Crippen molar-refractivity contribution >= 4 is 5.69 Å². The number of hydrogen-bond donors (Lipinski definition) is 1. The van der Waals surface area contributed by atoms with Crippen LogP contribution in [0.15, 0.2) is 59.4 Å². The number of hydrogen-bond acceptors (Lipinski definition) is 6. The highest BCUT2D eigenvalue weighted by Crippen LogP contribution is 2.38. The number of para-hydroxylation sites is 2. The first-order valence-corrected chi connectivity index (χ1v) is 11.7. The highest BCUT2D eigenvalue weighted by molar-refractivity contribution is 5.49. The van der Waals surface area contributed by atoms with Crippen LogP contribution in [0.1, 0.15) is 22.9 Å². The lowest BCUT2D eigenvalue weighted by atomic mass is 9.95. The van der Waals surface area contributed by atoms with E-state index in [0.717, 1.165) is 5.56 Å². The first-order chi connectivity index (χ1) is 17.0. The van der Waals surface area contributed by atoms with Crippen LogP contribution in [0.4, 0.5) is 10.1 Å². The molecule has 7 nitrogen and oxygen atoms in total. The molecule has 0 unspecified atom stereocenters. The van der Waals surface area contributed by atoms with Gasteiger partial charge in [0.25, 0.3) is 5.56 Å². The maximum absolute atomic E-state index is 14.4. The maximum atomic E-state index is 14.4. The number of aromatic nitrogens is 1. The van der Waals surface area contributed by atoms with Gasteiger partial charge in [-0.05, 0) is 31.2 Å². The average molecular weight is 482 g/mol. The van der Waals surface area contributed by atoms with E-state index in [1.54, 1.807) is 43.9 Å². The van der Waals surface area contributed by atoms with Crippen molar-refractivity contribution in [1.29, 1.82) is 0 Å². The smallest absolute Gasteiger partial charge is 0.259 e. The number of anilines is 1. The molecule has 0 aliphatic carbocycles. The first kappa shape index (κ1) is 24.8. The molecule has 1 aromatic heterocycles. The van der Waals surface area contributed by atoms with Gasteiger partial charge in [0.2, 0.25) is 0 Å². The third-order valence-corrected chi connectivity index (χ3v) is 6.62. The minimum absolute atomic E-state index is 0.0476. The summed E-state index contributed by atoms with van der Waals surface area (Å²) in [4.78, 5) is 17.9. The molecule has 0 amide bonds. The van der Waals surface area contributed by atoms with Crippen LogP contribution >= 0.6 is 0 Å². The summed E-state index contributed by atoms with van der Waals surface area (Å²) in [5.41, 5.74) is 2.07. The molecule has 2 aromatic carbocycles. The summed E-state index contributed by atoms with van der Waals surface area (Å²) < 4.78 is 26.9. The van der Waals surface area contributed by atoms with Gasteiger partial charge in [-0.1, -0.05) is 30.3 Å². The van der Waals surface area contributed by atoms with E-state index in [2.05, 4.69) is 4.90 Å². The molecule has 0 bridgehead atoms. The molecule has 1 aliphatic heterocycles. The van der Waals surface area contributed by atoms with E-state index in [4.69, 9.17) is 9.47 Å². The van der Waals surface area contributed by atoms with Crippen molar-refractivity contribution in [1.82, 2.24) is 9.47 Å². The second-order valence-corrected chi connectivity index (χ2v) is 8.65. The van der Waals surface area contributed by atoms with E-state index in [-0.39, 0.29) is 17.1 Å². The molecule has 4 rings (SSSR count). The molecule has 1 aliphatic rings. The number of piperazine rings is 1. The van der Waals surface area contributed by atoms with Crippen LogP contribution in [-0.4, -0.2) is 61.6 Å². The van der Waals surface area contributed by atoms with E-state index in [1.165, 1.54) is 6.07 Å². The molecule has 0 saturated carbocycles. The third kappa shape index (κ3) is 5.04. The van der Waals surface area contributed by atoms with Gasteiger partial charge in [-0.2, -0.15) is 0 Å². The Labute approximate surface area is 204 Å². The van der Waals surface area contributed by atoms with E-state index in [9.17, 15) is 14.3 Å². The number of halogens is 1. The molecular formula is C27H32FN3O4. The Kier molecular flexibility index (Phi) is 7.73. The number of benzene rings is 2. The number of aromatic hydroxyl groups is 1. The van der Waals surface area contributed by atoms with E-state index < -0.39 is 6.04 Å². The fourth-order valence-electron chi connectivity index (χ4n) is 4.84. The molecule has 2 heterocycles. The van der Waals surface area contributed by atoms with E-state index in [1.807, 2.05) is 35.2 Å². The Bertz CT molecular complexity index is 1220. The fourth-order valence-corrected chi connectivity index (χ4v) is 4.84. The standard InChI is InChI=1S/C27H32FN3O4/c1-19-18-23(32)25(27(33)31(19)16-17-34-2)26(20-8-4-7-11-24(20)35-3)30-14-12-29(13-15-30)22-10-6-5-9-21(22)28/h4-11,18,26,32H,12-17H2,1-3H3/t26-/m1/s1. The van der Waals surface area contributed by atoms with Gasteiger partial charge in [-0.25, -0.2) is 4.39 Å². The van der Waals surface area contributed by atoms with Crippen molar-refractivity contribution < 1.29 is 19.0 Å². The number of pyridine rings is 1. The summed E-state index contributed by atoms with van der Waals surface area (Å²) in [6.07, 6.45) is 0. The molecule has 3 aromatic rings. The Morgan fingerprint density at radius 2 is 1.71 bits per heavy atom. The Morgan fingerprint density at radius 1 is 1.03 bits per heavy atom. The molecule has 35 heavy (non-hydrogen) atoms. The molecule has 1 atom stereocenters. The van der Waals surface area contributed by atoms with Gasteiger partial charge in [0.15, 0.2) is 0 Å². The van der Waals surface area contributed by atoms with Gasteiger partial charge >= 0.3 is 0 Å². The summed E-state index contributed by atoms with van der Waals surface area (Å²) in [6.45, 7) is 4.86. The SMILES string of the molecule is COCCn1c(C)cc(O)c([C@@H](c2ccccc2OC)N2CCN(c3ccccc3F)CC2)c1=O. The lowest BCUT2D eigenvalue weighted by Gasteiger charge is -2.41. The van der Waals surface area contributed by atoms with Gasteiger partial charge in [0, 0.05) is 51.1 Å². The lowest BCUT2D eigenvalue weighted by molar-refractivity contribution is 0.183. The monoisotopic (exact) mass is 481 g/mol. The highest BCUT2D eigenvalue weighted by Gasteiger charge is 2.33. The zero-order valence-corrected chi connectivity index (χ0v) is 20.4. The van der Waals surface area contributed by atoms with Crippen molar-refractivity contribution in [2.45, 2.75) is 19.5 Å². The van der Waals surface area contributed by atoms with E-state index >= 15 is 0 Å². The van der Waals surface area contributed by atoms with Crippen LogP contribution in [0.25, 0.3) is 0 Å². The highest BCUT2D eigenvalue weighted by atomic mass is 19.1.